The number of hydrogen-bond acceptors (Lipinski definition) is 2. The van der Waals surface area contributed by atoms with Crippen molar-refractivity contribution >= 4 is 0 Å². The van der Waals surface area contributed by atoms with E-state index in [0.29, 0.717) is 5.75 Å². The molecule has 3 rings (SSSR count). The number of aliphatic hydroxyl groups is 1. The molecule has 0 aliphatic heterocycles. The molecule has 1 fully saturated rings. The molecule has 74 valence electrons. The van der Waals surface area contributed by atoms with Gasteiger partial charge in [-0.15, -0.1) is 0 Å². The maximum Gasteiger partial charge on any atom is 0.125 e. The number of phenols is 1. The first-order valence-corrected chi connectivity index (χ1v) is 5.27. The van der Waals surface area contributed by atoms with Gasteiger partial charge in [0.1, 0.15) is 5.75 Å². The lowest BCUT2D eigenvalue weighted by Gasteiger charge is -2.13. The second kappa shape index (κ2) is 2.51. The fourth-order valence-electron chi connectivity index (χ4n) is 2.41. The second-order valence-corrected chi connectivity index (χ2v) is 4.48. The molecule has 0 spiro atoms. The van der Waals surface area contributed by atoms with E-state index in [4.69, 9.17) is 0 Å². The summed E-state index contributed by atoms with van der Waals surface area (Å²) in [5.41, 5.74) is 2.37. The predicted octanol–water partition coefficient (Wildman–Crippen LogP) is 1.86. The number of phenolic OH excluding ortho intramolecular Hbond substituents is 1. The normalized spacial score (nSPS) is 22.1. The molecule has 0 saturated heterocycles. The highest BCUT2D eigenvalue weighted by atomic mass is 16.3. The van der Waals surface area contributed by atoms with Gasteiger partial charge in [0.2, 0.25) is 0 Å². The Labute approximate surface area is 83.2 Å². The summed E-state index contributed by atoms with van der Waals surface area (Å²) in [5, 5.41) is 20.0. The fourth-order valence-corrected chi connectivity index (χ4v) is 2.41. The lowest BCUT2D eigenvalue weighted by Crippen LogP contribution is -2.05. The molecule has 2 aliphatic carbocycles. The van der Waals surface area contributed by atoms with Crippen LogP contribution in [0.3, 0.4) is 0 Å². The van der Waals surface area contributed by atoms with Gasteiger partial charge in [0, 0.05) is 5.56 Å². The largest absolute Gasteiger partial charge is 0.507 e. The Morgan fingerprint density at radius 2 is 1.93 bits per heavy atom. The Kier molecular flexibility index (Phi) is 1.49. The molecule has 2 heteroatoms. The van der Waals surface area contributed by atoms with Gasteiger partial charge in [-0.1, -0.05) is 12.1 Å². The van der Waals surface area contributed by atoms with Crippen molar-refractivity contribution in [2.45, 2.75) is 37.7 Å². The Hall–Kier alpha value is -1.02. The summed E-state index contributed by atoms with van der Waals surface area (Å²) in [6.45, 7) is 0. The van der Waals surface area contributed by atoms with Crippen molar-refractivity contribution in [3.63, 3.8) is 0 Å². The molecule has 1 saturated carbocycles. The van der Waals surface area contributed by atoms with E-state index in [1.54, 1.807) is 0 Å². The first-order chi connectivity index (χ1) is 6.71. The van der Waals surface area contributed by atoms with E-state index < -0.39 is 5.60 Å². The highest BCUT2D eigenvalue weighted by Crippen LogP contribution is 2.50. The van der Waals surface area contributed by atoms with Crippen molar-refractivity contribution < 1.29 is 10.2 Å². The fraction of sp³-hybridized carbons (Fsp3) is 0.500. The maximum absolute atomic E-state index is 10.0. The van der Waals surface area contributed by atoms with Gasteiger partial charge in [0.25, 0.3) is 0 Å². The van der Waals surface area contributed by atoms with Gasteiger partial charge in [-0.2, -0.15) is 0 Å². The number of aryl methyl sites for hydroxylation is 1. The number of benzene rings is 1. The zero-order valence-corrected chi connectivity index (χ0v) is 8.08. The van der Waals surface area contributed by atoms with Crippen LogP contribution in [0, 0.1) is 0 Å². The third kappa shape index (κ3) is 1.01. The van der Waals surface area contributed by atoms with Crippen LogP contribution in [-0.2, 0) is 18.4 Å². The lowest BCUT2D eigenvalue weighted by molar-refractivity contribution is 0.147. The van der Waals surface area contributed by atoms with Crippen LogP contribution in [0.15, 0.2) is 12.1 Å². The first-order valence-electron chi connectivity index (χ1n) is 5.27. The second-order valence-electron chi connectivity index (χ2n) is 4.48. The third-order valence-electron chi connectivity index (χ3n) is 3.48. The Bertz CT molecular complexity index is 392. The molecule has 1 aromatic carbocycles. The molecule has 14 heavy (non-hydrogen) atoms. The number of aromatic hydroxyl groups is 1. The van der Waals surface area contributed by atoms with Crippen LogP contribution >= 0.6 is 0 Å². The van der Waals surface area contributed by atoms with Crippen molar-refractivity contribution in [3.05, 3.63) is 28.8 Å². The highest BCUT2D eigenvalue weighted by Gasteiger charge is 2.44. The van der Waals surface area contributed by atoms with E-state index in [1.807, 2.05) is 6.07 Å². The summed E-state index contributed by atoms with van der Waals surface area (Å²) in [6.07, 6.45) is 4.75. The monoisotopic (exact) mass is 190 g/mol. The minimum Gasteiger partial charge on any atom is -0.507 e. The summed E-state index contributed by atoms with van der Waals surface area (Å²) in [5.74, 6) is 0.361. The van der Waals surface area contributed by atoms with Crippen molar-refractivity contribution in [3.8, 4) is 5.75 Å². The Morgan fingerprint density at radius 1 is 1.14 bits per heavy atom. The highest BCUT2D eigenvalue weighted by molar-refractivity contribution is 5.51. The smallest absolute Gasteiger partial charge is 0.125 e. The van der Waals surface area contributed by atoms with Gasteiger partial charge in [-0.3, -0.25) is 0 Å². The Morgan fingerprint density at radius 3 is 2.64 bits per heavy atom. The molecule has 1 aromatic rings. The first kappa shape index (κ1) is 8.30. The van der Waals surface area contributed by atoms with Crippen LogP contribution in [0.25, 0.3) is 0 Å². The molecule has 2 aliphatic rings. The van der Waals surface area contributed by atoms with Gasteiger partial charge >= 0.3 is 0 Å². The van der Waals surface area contributed by atoms with Crippen molar-refractivity contribution in [1.29, 1.82) is 0 Å². The van der Waals surface area contributed by atoms with Crippen molar-refractivity contribution in [1.82, 2.24) is 0 Å². The van der Waals surface area contributed by atoms with Crippen LogP contribution in [0.2, 0.25) is 0 Å². The zero-order valence-electron chi connectivity index (χ0n) is 8.08. The molecule has 0 amide bonds. The standard InChI is InChI=1S/C12H14O2/c13-11-9-3-1-2-8(9)4-5-10(11)12(14)6-7-12/h4-5,13-14H,1-3,6-7H2. The van der Waals surface area contributed by atoms with Crippen LogP contribution in [0.4, 0.5) is 0 Å². The van der Waals surface area contributed by atoms with Gasteiger partial charge in [0.15, 0.2) is 0 Å². The minimum absolute atomic E-state index is 0.361. The van der Waals surface area contributed by atoms with Gasteiger partial charge in [0.05, 0.1) is 5.60 Å². The third-order valence-corrected chi connectivity index (χ3v) is 3.48. The number of rotatable bonds is 1. The molecule has 0 aromatic heterocycles. The van der Waals surface area contributed by atoms with Crippen molar-refractivity contribution in [2.75, 3.05) is 0 Å². The van der Waals surface area contributed by atoms with E-state index in [0.717, 1.165) is 43.2 Å². The van der Waals surface area contributed by atoms with Gasteiger partial charge in [-0.05, 0) is 43.2 Å². The van der Waals surface area contributed by atoms with Gasteiger partial charge < -0.3 is 10.2 Å². The molecule has 0 radical (unpaired) electrons. The summed E-state index contributed by atoms with van der Waals surface area (Å²) in [7, 11) is 0. The summed E-state index contributed by atoms with van der Waals surface area (Å²) < 4.78 is 0. The van der Waals surface area contributed by atoms with E-state index in [2.05, 4.69) is 6.07 Å². The summed E-state index contributed by atoms with van der Waals surface area (Å²) in [6, 6.07) is 3.96. The zero-order chi connectivity index (χ0) is 9.76. The lowest BCUT2D eigenvalue weighted by atomic mass is 9.99. The van der Waals surface area contributed by atoms with E-state index in [9.17, 15) is 10.2 Å². The molecule has 2 N–H and O–H groups in total. The molecular weight excluding hydrogens is 176 g/mol. The molecule has 0 heterocycles. The molecule has 0 unspecified atom stereocenters. The average Bonchev–Trinajstić information content (AvgIpc) is 2.75. The topological polar surface area (TPSA) is 40.5 Å². The van der Waals surface area contributed by atoms with Crippen molar-refractivity contribution in [2.24, 2.45) is 0 Å². The van der Waals surface area contributed by atoms with Gasteiger partial charge in [-0.25, -0.2) is 0 Å². The Balaban J connectivity index is 2.15. The molecule has 0 bridgehead atoms. The average molecular weight is 190 g/mol. The number of fused-ring (bicyclic) bond motifs is 1. The maximum atomic E-state index is 10.0. The quantitative estimate of drug-likeness (QED) is 0.709. The van der Waals surface area contributed by atoms with E-state index in [1.165, 1.54) is 5.56 Å². The minimum atomic E-state index is -0.707. The molecular formula is C12H14O2. The SMILES string of the molecule is Oc1c(C2(O)CC2)ccc2c1CCC2. The number of hydrogen-bond donors (Lipinski definition) is 2. The predicted molar refractivity (Wildman–Crippen MR) is 53.3 cm³/mol. The van der Waals surface area contributed by atoms with Crippen LogP contribution in [0.1, 0.15) is 36.0 Å². The van der Waals surface area contributed by atoms with Crippen LogP contribution < -0.4 is 0 Å². The summed E-state index contributed by atoms with van der Waals surface area (Å²) in [4.78, 5) is 0. The summed E-state index contributed by atoms with van der Waals surface area (Å²) >= 11 is 0. The van der Waals surface area contributed by atoms with Crippen LogP contribution in [-0.4, -0.2) is 10.2 Å². The van der Waals surface area contributed by atoms with E-state index >= 15 is 0 Å². The molecule has 0 atom stereocenters. The molecule has 2 nitrogen and oxygen atoms in total. The van der Waals surface area contributed by atoms with E-state index in [-0.39, 0.29) is 0 Å². The van der Waals surface area contributed by atoms with Crippen LogP contribution in [0.5, 0.6) is 5.75 Å².